The minimum absolute atomic E-state index is 0.234. The summed E-state index contributed by atoms with van der Waals surface area (Å²) in [5.41, 5.74) is 2.58. The fourth-order valence-corrected chi connectivity index (χ4v) is 2.54. The lowest BCUT2D eigenvalue weighted by Crippen LogP contribution is -2.14. The number of nitrogens with zero attached hydrogens (tertiary/aromatic N) is 1. The van der Waals surface area contributed by atoms with Gasteiger partial charge in [-0.15, -0.1) is 0 Å². The molecule has 0 amide bonds. The maximum absolute atomic E-state index is 11.8. The Morgan fingerprint density at radius 1 is 1.36 bits per heavy atom. The number of ketones is 1. The van der Waals surface area contributed by atoms with Crippen molar-refractivity contribution < 1.29 is 4.79 Å². The molecule has 1 aromatic carbocycles. The molecule has 14 heavy (non-hydrogen) atoms. The molecule has 0 saturated heterocycles. The van der Waals surface area contributed by atoms with E-state index in [1.165, 1.54) is 0 Å². The second-order valence-corrected chi connectivity index (χ2v) is 4.13. The first-order chi connectivity index (χ1) is 6.78. The fourth-order valence-electron chi connectivity index (χ4n) is 2.54. The van der Waals surface area contributed by atoms with Gasteiger partial charge in [0.1, 0.15) is 5.78 Å². The standard InChI is InChI=1S/C12H9NO/c13-7-9-3-1-2-8-6-10(14)12(4-5-12)11(8)9/h1-3H,4-6H2. The average Bonchev–Trinajstić information content (AvgIpc) is 2.92. The van der Waals surface area contributed by atoms with Crippen LogP contribution in [0.3, 0.4) is 0 Å². The van der Waals surface area contributed by atoms with Crippen molar-refractivity contribution >= 4 is 5.78 Å². The molecule has 0 aliphatic heterocycles. The first kappa shape index (κ1) is 7.75. The molecule has 1 spiro atoms. The third-order valence-electron chi connectivity index (χ3n) is 3.38. The fraction of sp³-hybridized carbons (Fsp3) is 0.333. The van der Waals surface area contributed by atoms with Gasteiger partial charge >= 0.3 is 0 Å². The average molecular weight is 183 g/mol. The molecule has 2 heteroatoms. The van der Waals surface area contributed by atoms with Gasteiger partial charge in [-0.05, 0) is 30.0 Å². The van der Waals surface area contributed by atoms with E-state index in [1.807, 2.05) is 18.2 Å². The van der Waals surface area contributed by atoms with Crippen molar-refractivity contribution in [1.82, 2.24) is 0 Å². The third kappa shape index (κ3) is 0.730. The Balaban J connectivity index is 2.31. The highest BCUT2D eigenvalue weighted by molar-refractivity contribution is 6.00. The van der Waals surface area contributed by atoms with Crippen LogP contribution in [-0.4, -0.2) is 5.78 Å². The van der Waals surface area contributed by atoms with Crippen molar-refractivity contribution in [1.29, 1.82) is 5.26 Å². The normalized spacial score (nSPS) is 20.6. The second kappa shape index (κ2) is 2.24. The van der Waals surface area contributed by atoms with Crippen molar-refractivity contribution in [3.63, 3.8) is 0 Å². The predicted octanol–water partition coefficient (Wildman–Crippen LogP) is 1.72. The Hall–Kier alpha value is -1.62. The van der Waals surface area contributed by atoms with Gasteiger partial charge in [-0.2, -0.15) is 5.26 Å². The molecule has 0 bridgehead atoms. The maximum atomic E-state index is 11.8. The molecule has 68 valence electrons. The van der Waals surface area contributed by atoms with Gasteiger partial charge in [0.25, 0.3) is 0 Å². The number of carbonyl (C=O) groups excluding carboxylic acids is 1. The quantitative estimate of drug-likeness (QED) is 0.614. The molecule has 0 atom stereocenters. The smallest absolute Gasteiger partial charge is 0.147 e. The van der Waals surface area contributed by atoms with E-state index in [-0.39, 0.29) is 5.41 Å². The lowest BCUT2D eigenvalue weighted by molar-refractivity contribution is -0.119. The van der Waals surface area contributed by atoms with E-state index in [9.17, 15) is 4.79 Å². The molecule has 1 fully saturated rings. The Kier molecular flexibility index (Phi) is 1.24. The second-order valence-electron chi connectivity index (χ2n) is 4.13. The Morgan fingerprint density at radius 2 is 2.14 bits per heavy atom. The SMILES string of the molecule is N#Cc1cccc2c1C1(CC1)C(=O)C2. The van der Waals surface area contributed by atoms with Gasteiger partial charge in [0.2, 0.25) is 0 Å². The number of carbonyl (C=O) groups is 1. The van der Waals surface area contributed by atoms with Crippen LogP contribution in [0.5, 0.6) is 0 Å². The lowest BCUT2D eigenvalue weighted by Gasteiger charge is -2.07. The Bertz CT molecular complexity index is 478. The molecule has 1 saturated carbocycles. The first-order valence-electron chi connectivity index (χ1n) is 4.84. The van der Waals surface area contributed by atoms with Crippen LogP contribution in [0.4, 0.5) is 0 Å². The third-order valence-corrected chi connectivity index (χ3v) is 3.38. The largest absolute Gasteiger partial charge is 0.298 e. The summed E-state index contributed by atoms with van der Waals surface area (Å²) in [6.07, 6.45) is 2.42. The van der Waals surface area contributed by atoms with Crippen LogP contribution in [0.2, 0.25) is 0 Å². The van der Waals surface area contributed by atoms with Crippen molar-refractivity contribution in [2.45, 2.75) is 24.7 Å². The number of fused-ring (bicyclic) bond motifs is 2. The molecule has 0 unspecified atom stereocenters. The van der Waals surface area contributed by atoms with E-state index in [2.05, 4.69) is 6.07 Å². The predicted molar refractivity (Wildman–Crippen MR) is 50.8 cm³/mol. The zero-order valence-corrected chi connectivity index (χ0v) is 7.71. The summed E-state index contributed by atoms with van der Waals surface area (Å²) in [5, 5.41) is 8.99. The van der Waals surface area contributed by atoms with Crippen LogP contribution in [0.25, 0.3) is 0 Å². The van der Waals surface area contributed by atoms with E-state index >= 15 is 0 Å². The highest BCUT2D eigenvalue weighted by atomic mass is 16.1. The summed E-state index contributed by atoms with van der Waals surface area (Å²) in [6, 6.07) is 7.85. The molecule has 1 aromatic rings. The summed E-state index contributed by atoms with van der Waals surface area (Å²) in [5.74, 6) is 0.315. The van der Waals surface area contributed by atoms with Gasteiger partial charge in [0.05, 0.1) is 17.0 Å². The molecule has 2 nitrogen and oxygen atoms in total. The van der Waals surface area contributed by atoms with E-state index in [0.717, 1.165) is 24.0 Å². The molecule has 3 rings (SSSR count). The molecular formula is C12H9NO. The van der Waals surface area contributed by atoms with Crippen LogP contribution < -0.4 is 0 Å². The van der Waals surface area contributed by atoms with Crippen LogP contribution in [-0.2, 0) is 16.6 Å². The number of Topliss-reactive ketones (excluding diaryl/α,β-unsaturated/α-hetero) is 1. The Labute approximate surface area is 82.2 Å². The first-order valence-corrected chi connectivity index (χ1v) is 4.84. The molecular weight excluding hydrogens is 174 g/mol. The minimum atomic E-state index is -0.234. The topological polar surface area (TPSA) is 40.9 Å². The number of hydrogen-bond donors (Lipinski definition) is 0. The number of hydrogen-bond acceptors (Lipinski definition) is 2. The maximum Gasteiger partial charge on any atom is 0.147 e. The monoisotopic (exact) mass is 183 g/mol. The summed E-state index contributed by atoms with van der Waals surface area (Å²) < 4.78 is 0. The molecule has 2 aliphatic carbocycles. The van der Waals surface area contributed by atoms with Gasteiger partial charge in [0, 0.05) is 6.42 Å². The van der Waals surface area contributed by atoms with Gasteiger partial charge in [-0.25, -0.2) is 0 Å². The van der Waals surface area contributed by atoms with Crippen LogP contribution in [0.1, 0.15) is 29.5 Å². The van der Waals surface area contributed by atoms with E-state index in [1.54, 1.807) is 0 Å². The zero-order chi connectivity index (χ0) is 9.76. The van der Waals surface area contributed by atoms with Gasteiger partial charge in [-0.1, -0.05) is 12.1 Å². The zero-order valence-electron chi connectivity index (χ0n) is 7.71. The van der Waals surface area contributed by atoms with Gasteiger partial charge in [-0.3, -0.25) is 4.79 Å². The van der Waals surface area contributed by atoms with E-state index in [0.29, 0.717) is 17.8 Å². The lowest BCUT2D eigenvalue weighted by atomic mass is 9.93. The highest BCUT2D eigenvalue weighted by Gasteiger charge is 2.56. The summed E-state index contributed by atoms with van der Waals surface area (Å²) in [4.78, 5) is 11.8. The summed E-state index contributed by atoms with van der Waals surface area (Å²) >= 11 is 0. The molecule has 2 aliphatic rings. The summed E-state index contributed by atoms with van der Waals surface area (Å²) in [7, 11) is 0. The molecule has 0 aromatic heterocycles. The summed E-state index contributed by atoms with van der Waals surface area (Å²) in [6.45, 7) is 0. The minimum Gasteiger partial charge on any atom is -0.298 e. The van der Waals surface area contributed by atoms with Crippen molar-refractivity contribution in [2.24, 2.45) is 0 Å². The molecule has 0 heterocycles. The number of benzene rings is 1. The van der Waals surface area contributed by atoms with Crippen molar-refractivity contribution in [2.75, 3.05) is 0 Å². The molecule has 0 radical (unpaired) electrons. The van der Waals surface area contributed by atoms with Crippen LogP contribution >= 0.6 is 0 Å². The van der Waals surface area contributed by atoms with E-state index in [4.69, 9.17) is 5.26 Å². The Morgan fingerprint density at radius 3 is 2.79 bits per heavy atom. The van der Waals surface area contributed by atoms with E-state index < -0.39 is 0 Å². The van der Waals surface area contributed by atoms with Crippen molar-refractivity contribution in [3.8, 4) is 6.07 Å². The van der Waals surface area contributed by atoms with Crippen LogP contribution in [0, 0.1) is 11.3 Å². The molecule has 0 N–H and O–H groups in total. The van der Waals surface area contributed by atoms with Crippen LogP contribution in [0.15, 0.2) is 18.2 Å². The van der Waals surface area contributed by atoms with Gasteiger partial charge < -0.3 is 0 Å². The van der Waals surface area contributed by atoms with Crippen molar-refractivity contribution in [3.05, 3.63) is 34.9 Å². The number of nitriles is 1. The van der Waals surface area contributed by atoms with Gasteiger partial charge in [0.15, 0.2) is 0 Å². The highest BCUT2D eigenvalue weighted by Crippen LogP contribution is 2.55. The number of rotatable bonds is 0.